The topological polar surface area (TPSA) is 20.3 Å². The fourth-order valence-corrected chi connectivity index (χ4v) is 4.89. The Kier molecular flexibility index (Phi) is 2.87. The molecule has 2 fully saturated rings. The van der Waals surface area contributed by atoms with Crippen LogP contribution in [0.4, 0.5) is 5.69 Å². The monoisotopic (exact) mass is 269 g/mol. The van der Waals surface area contributed by atoms with Gasteiger partial charge in [0.25, 0.3) is 0 Å². The summed E-state index contributed by atoms with van der Waals surface area (Å²) in [6.07, 6.45) is 7.27. The van der Waals surface area contributed by atoms with E-state index in [2.05, 4.69) is 36.1 Å². The van der Waals surface area contributed by atoms with E-state index in [1.165, 1.54) is 31.2 Å². The Morgan fingerprint density at radius 2 is 2.10 bits per heavy atom. The van der Waals surface area contributed by atoms with Gasteiger partial charge in [-0.2, -0.15) is 0 Å². The molecule has 3 aliphatic rings. The van der Waals surface area contributed by atoms with Crippen LogP contribution in [0, 0.1) is 17.8 Å². The number of rotatable bonds is 2. The Morgan fingerprint density at radius 1 is 1.25 bits per heavy atom. The molecule has 0 spiro atoms. The smallest absolute Gasteiger partial charge is 0.227 e. The molecule has 20 heavy (non-hydrogen) atoms. The Balaban J connectivity index is 1.51. The number of fused-ring (bicyclic) bond motifs is 3. The molecule has 4 atom stereocenters. The molecule has 0 aromatic heterocycles. The first-order valence-corrected chi connectivity index (χ1v) is 8.12. The highest BCUT2D eigenvalue weighted by Gasteiger charge is 2.41. The molecular weight excluding hydrogens is 246 g/mol. The van der Waals surface area contributed by atoms with Crippen molar-refractivity contribution in [2.75, 3.05) is 4.90 Å². The van der Waals surface area contributed by atoms with E-state index in [0.717, 1.165) is 30.4 Å². The average Bonchev–Trinajstić information content (AvgIpc) is 3.10. The standard InChI is InChI=1S/C18H23NO/c1-12-8-15-4-2-3-5-17(15)19(12)18(20)11-16-10-13-6-7-14(16)9-13/h2-5,12-14,16H,6-11H2,1H3. The minimum absolute atomic E-state index is 0.332. The van der Waals surface area contributed by atoms with Crippen LogP contribution in [0.15, 0.2) is 24.3 Å². The zero-order valence-corrected chi connectivity index (χ0v) is 12.2. The molecule has 2 bridgehead atoms. The number of hydrogen-bond donors (Lipinski definition) is 0. The van der Waals surface area contributed by atoms with Crippen molar-refractivity contribution >= 4 is 11.6 Å². The molecule has 1 heterocycles. The van der Waals surface area contributed by atoms with E-state index in [1.54, 1.807) is 0 Å². The van der Waals surface area contributed by atoms with Crippen molar-refractivity contribution in [1.82, 2.24) is 0 Å². The van der Waals surface area contributed by atoms with Crippen molar-refractivity contribution < 1.29 is 4.79 Å². The van der Waals surface area contributed by atoms with Gasteiger partial charge in [0.2, 0.25) is 5.91 Å². The molecule has 1 aliphatic heterocycles. The molecule has 4 rings (SSSR count). The molecule has 0 saturated heterocycles. The molecule has 2 aliphatic carbocycles. The Labute approximate surface area is 121 Å². The summed E-state index contributed by atoms with van der Waals surface area (Å²) in [5.74, 6) is 2.81. The fraction of sp³-hybridized carbons (Fsp3) is 0.611. The number of para-hydroxylation sites is 1. The van der Waals surface area contributed by atoms with Gasteiger partial charge in [0.1, 0.15) is 0 Å². The molecule has 2 saturated carbocycles. The maximum absolute atomic E-state index is 12.8. The predicted molar refractivity (Wildman–Crippen MR) is 80.6 cm³/mol. The van der Waals surface area contributed by atoms with Gasteiger partial charge < -0.3 is 4.90 Å². The molecule has 1 aromatic rings. The quantitative estimate of drug-likeness (QED) is 0.800. The summed E-state index contributed by atoms with van der Waals surface area (Å²) in [6.45, 7) is 2.18. The van der Waals surface area contributed by atoms with Crippen molar-refractivity contribution in [1.29, 1.82) is 0 Å². The van der Waals surface area contributed by atoms with E-state index in [4.69, 9.17) is 0 Å². The van der Waals surface area contributed by atoms with Crippen LogP contribution >= 0.6 is 0 Å². The lowest BCUT2D eigenvalue weighted by atomic mass is 9.86. The first-order chi connectivity index (χ1) is 9.72. The third-order valence-corrected chi connectivity index (χ3v) is 5.80. The maximum atomic E-state index is 12.8. The maximum Gasteiger partial charge on any atom is 0.227 e. The van der Waals surface area contributed by atoms with Crippen LogP contribution in [0.25, 0.3) is 0 Å². The molecule has 0 radical (unpaired) electrons. The highest BCUT2D eigenvalue weighted by atomic mass is 16.2. The van der Waals surface area contributed by atoms with Crippen LogP contribution in [-0.2, 0) is 11.2 Å². The number of carbonyl (C=O) groups is 1. The van der Waals surface area contributed by atoms with Crippen LogP contribution < -0.4 is 4.90 Å². The van der Waals surface area contributed by atoms with Gasteiger partial charge in [0.15, 0.2) is 0 Å². The van der Waals surface area contributed by atoms with Gasteiger partial charge in [0.05, 0.1) is 0 Å². The minimum atomic E-state index is 0.332. The summed E-state index contributed by atoms with van der Waals surface area (Å²) in [7, 11) is 0. The summed E-state index contributed by atoms with van der Waals surface area (Å²) in [6, 6.07) is 8.73. The molecule has 1 aromatic carbocycles. The van der Waals surface area contributed by atoms with Crippen LogP contribution in [0.5, 0.6) is 0 Å². The average molecular weight is 269 g/mol. The second kappa shape index (κ2) is 4.61. The molecule has 4 unspecified atom stereocenters. The molecule has 2 nitrogen and oxygen atoms in total. The number of anilines is 1. The largest absolute Gasteiger partial charge is 0.309 e. The SMILES string of the molecule is CC1Cc2ccccc2N1C(=O)CC1CC2CCC1C2. The first kappa shape index (κ1) is 12.4. The Hall–Kier alpha value is -1.31. The van der Waals surface area contributed by atoms with Crippen molar-refractivity contribution in [2.45, 2.75) is 51.5 Å². The summed E-state index contributed by atoms with van der Waals surface area (Å²) < 4.78 is 0. The Morgan fingerprint density at radius 3 is 2.85 bits per heavy atom. The van der Waals surface area contributed by atoms with E-state index in [9.17, 15) is 4.79 Å². The minimum Gasteiger partial charge on any atom is -0.309 e. The predicted octanol–water partition coefficient (Wildman–Crippen LogP) is 3.79. The van der Waals surface area contributed by atoms with Gasteiger partial charge >= 0.3 is 0 Å². The third kappa shape index (κ3) is 1.88. The number of benzene rings is 1. The van der Waals surface area contributed by atoms with Gasteiger partial charge in [-0.25, -0.2) is 0 Å². The first-order valence-electron chi connectivity index (χ1n) is 8.12. The second-order valence-corrected chi connectivity index (χ2v) is 7.08. The molecular formula is C18H23NO. The van der Waals surface area contributed by atoms with Crippen molar-refractivity contribution in [3.63, 3.8) is 0 Å². The van der Waals surface area contributed by atoms with E-state index in [0.29, 0.717) is 17.9 Å². The molecule has 0 N–H and O–H groups in total. The van der Waals surface area contributed by atoms with E-state index < -0.39 is 0 Å². The lowest BCUT2D eigenvalue weighted by Crippen LogP contribution is -2.37. The summed E-state index contributed by atoms with van der Waals surface area (Å²) in [5, 5.41) is 0. The summed E-state index contributed by atoms with van der Waals surface area (Å²) in [4.78, 5) is 14.8. The number of carbonyl (C=O) groups excluding carboxylic acids is 1. The van der Waals surface area contributed by atoms with E-state index >= 15 is 0 Å². The normalized spacial score (nSPS) is 34.5. The molecule has 106 valence electrons. The van der Waals surface area contributed by atoms with Crippen LogP contribution in [0.1, 0.15) is 44.6 Å². The van der Waals surface area contributed by atoms with Gasteiger partial charge in [0, 0.05) is 18.2 Å². The van der Waals surface area contributed by atoms with Crippen LogP contribution in [0.3, 0.4) is 0 Å². The highest BCUT2D eigenvalue weighted by Crippen LogP contribution is 2.50. The second-order valence-electron chi connectivity index (χ2n) is 7.08. The van der Waals surface area contributed by atoms with Gasteiger partial charge in [-0.3, -0.25) is 4.79 Å². The fourth-order valence-electron chi connectivity index (χ4n) is 4.89. The number of amides is 1. The zero-order chi connectivity index (χ0) is 13.7. The summed E-state index contributed by atoms with van der Waals surface area (Å²) >= 11 is 0. The van der Waals surface area contributed by atoms with E-state index in [-0.39, 0.29) is 0 Å². The highest BCUT2D eigenvalue weighted by molar-refractivity contribution is 5.96. The lowest BCUT2D eigenvalue weighted by Gasteiger charge is -2.27. The third-order valence-electron chi connectivity index (χ3n) is 5.80. The van der Waals surface area contributed by atoms with Gasteiger partial charge in [-0.1, -0.05) is 24.6 Å². The number of nitrogens with zero attached hydrogens (tertiary/aromatic N) is 1. The van der Waals surface area contributed by atoms with Crippen LogP contribution in [0.2, 0.25) is 0 Å². The zero-order valence-electron chi connectivity index (χ0n) is 12.2. The van der Waals surface area contributed by atoms with Crippen molar-refractivity contribution in [2.24, 2.45) is 17.8 Å². The molecule has 2 heteroatoms. The Bertz CT molecular complexity index is 538. The van der Waals surface area contributed by atoms with Gasteiger partial charge in [-0.05, 0) is 62.0 Å². The molecule has 1 amide bonds. The number of hydrogen-bond acceptors (Lipinski definition) is 1. The van der Waals surface area contributed by atoms with Crippen molar-refractivity contribution in [3.8, 4) is 0 Å². The van der Waals surface area contributed by atoms with Crippen molar-refractivity contribution in [3.05, 3.63) is 29.8 Å². The van der Waals surface area contributed by atoms with Gasteiger partial charge in [-0.15, -0.1) is 0 Å². The van der Waals surface area contributed by atoms with Crippen LogP contribution in [-0.4, -0.2) is 11.9 Å². The lowest BCUT2D eigenvalue weighted by molar-refractivity contribution is -0.120. The van der Waals surface area contributed by atoms with E-state index in [1.807, 2.05) is 0 Å². The summed E-state index contributed by atoms with van der Waals surface area (Å²) in [5.41, 5.74) is 2.49.